The maximum absolute atomic E-state index is 12.6. The lowest BCUT2D eigenvalue weighted by Crippen LogP contribution is -2.13. The van der Waals surface area contributed by atoms with Crippen molar-refractivity contribution in [2.75, 3.05) is 11.8 Å². The first-order valence-electron chi connectivity index (χ1n) is 8.11. The lowest BCUT2D eigenvalue weighted by Gasteiger charge is -2.10. The number of hydrogen-bond acceptors (Lipinski definition) is 4. The summed E-state index contributed by atoms with van der Waals surface area (Å²) in [5, 5.41) is 0. The minimum absolute atomic E-state index is 0.166. The minimum atomic E-state index is -3.67. The van der Waals surface area contributed by atoms with Crippen molar-refractivity contribution in [2.45, 2.75) is 15.5 Å². The van der Waals surface area contributed by atoms with E-state index in [1.807, 2.05) is 30.3 Å². The molecule has 0 radical (unpaired) electrons. The van der Waals surface area contributed by atoms with Gasteiger partial charge in [-0.05, 0) is 64.0 Å². The Balaban J connectivity index is 1.67. The fraction of sp³-hybridized carbons (Fsp3) is 0.100. The lowest BCUT2D eigenvalue weighted by molar-refractivity contribution is 0.411. The fourth-order valence-electron chi connectivity index (χ4n) is 2.38. The molecule has 0 saturated heterocycles. The van der Waals surface area contributed by atoms with Crippen LogP contribution < -0.4 is 9.46 Å². The third-order valence-electron chi connectivity index (χ3n) is 3.79. The average molecular weight is 464 g/mol. The van der Waals surface area contributed by atoms with E-state index in [4.69, 9.17) is 4.74 Å². The highest BCUT2D eigenvalue weighted by molar-refractivity contribution is 9.10. The highest BCUT2D eigenvalue weighted by Crippen LogP contribution is 2.28. The molecule has 0 aliphatic carbocycles. The van der Waals surface area contributed by atoms with Crippen LogP contribution in [0.15, 0.2) is 87.1 Å². The predicted molar refractivity (Wildman–Crippen MR) is 114 cm³/mol. The topological polar surface area (TPSA) is 55.4 Å². The van der Waals surface area contributed by atoms with E-state index in [-0.39, 0.29) is 4.90 Å². The number of rotatable bonds is 7. The molecule has 27 heavy (non-hydrogen) atoms. The van der Waals surface area contributed by atoms with E-state index in [0.29, 0.717) is 15.9 Å². The van der Waals surface area contributed by atoms with Crippen molar-refractivity contribution in [3.63, 3.8) is 0 Å². The molecule has 3 aromatic carbocycles. The summed E-state index contributed by atoms with van der Waals surface area (Å²) in [6.45, 7) is 0. The summed E-state index contributed by atoms with van der Waals surface area (Å²) in [7, 11) is -2.14. The third kappa shape index (κ3) is 5.28. The van der Waals surface area contributed by atoms with Gasteiger partial charge < -0.3 is 4.74 Å². The molecule has 0 fully saturated rings. The van der Waals surface area contributed by atoms with Crippen LogP contribution in [0.2, 0.25) is 0 Å². The van der Waals surface area contributed by atoms with Gasteiger partial charge in [0, 0.05) is 16.3 Å². The van der Waals surface area contributed by atoms with E-state index in [9.17, 15) is 8.42 Å². The summed E-state index contributed by atoms with van der Waals surface area (Å²) < 4.78 is 33.5. The van der Waals surface area contributed by atoms with E-state index in [1.165, 1.54) is 24.1 Å². The van der Waals surface area contributed by atoms with Gasteiger partial charge in [0.15, 0.2) is 0 Å². The molecule has 0 aromatic heterocycles. The first kappa shape index (κ1) is 19.8. The van der Waals surface area contributed by atoms with Gasteiger partial charge in [0.05, 0.1) is 16.5 Å². The van der Waals surface area contributed by atoms with Crippen LogP contribution in [-0.2, 0) is 15.8 Å². The molecule has 0 spiro atoms. The van der Waals surface area contributed by atoms with Crippen LogP contribution in [0.1, 0.15) is 5.56 Å². The number of hydrogen-bond donors (Lipinski definition) is 1. The molecule has 0 saturated carbocycles. The van der Waals surface area contributed by atoms with Gasteiger partial charge in [-0.25, -0.2) is 8.42 Å². The fourth-order valence-corrected chi connectivity index (χ4v) is 5.03. The van der Waals surface area contributed by atoms with Gasteiger partial charge >= 0.3 is 0 Å². The quantitative estimate of drug-likeness (QED) is 0.466. The second kappa shape index (κ2) is 8.82. The molecule has 140 valence electrons. The second-order valence-electron chi connectivity index (χ2n) is 5.70. The van der Waals surface area contributed by atoms with E-state index in [0.717, 1.165) is 11.3 Å². The molecule has 0 bridgehead atoms. The SMILES string of the molecule is COc1ccc(S(=O)(=O)Nc2ccc(CSc3ccccc3)cc2)cc1Br. The summed E-state index contributed by atoms with van der Waals surface area (Å²) in [6, 6.07) is 22.2. The Hall–Kier alpha value is -1.96. The standard InChI is InChI=1S/C20H18BrNO3S2/c1-25-20-12-11-18(13-19(20)21)27(23,24)22-16-9-7-15(8-10-16)14-26-17-5-3-2-4-6-17/h2-13,22H,14H2,1H3. The molecule has 7 heteroatoms. The summed E-state index contributed by atoms with van der Waals surface area (Å²) in [5.74, 6) is 1.40. The third-order valence-corrected chi connectivity index (χ3v) is 6.87. The Morgan fingerprint density at radius 3 is 2.33 bits per heavy atom. The lowest BCUT2D eigenvalue weighted by atomic mass is 10.2. The normalized spacial score (nSPS) is 11.2. The Morgan fingerprint density at radius 2 is 1.70 bits per heavy atom. The van der Waals surface area contributed by atoms with Crippen LogP contribution in [0.25, 0.3) is 0 Å². The van der Waals surface area contributed by atoms with Gasteiger partial charge in [0.25, 0.3) is 10.0 Å². The number of halogens is 1. The van der Waals surface area contributed by atoms with Crippen molar-refractivity contribution in [1.29, 1.82) is 0 Å². The first-order valence-corrected chi connectivity index (χ1v) is 11.4. The van der Waals surface area contributed by atoms with Crippen LogP contribution in [0.3, 0.4) is 0 Å². The summed E-state index contributed by atoms with van der Waals surface area (Å²) >= 11 is 5.05. The Morgan fingerprint density at radius 1 is 1.00 bits per heavy atom. The van der Waals surface area contributed by atoms with Crippen molar-refractivity contribution < 1.29 is 13.2 Å². The number of nitrogens with one attached hydrogen (secondary N) is 1. The van der Waals surface area contributed by atoms with Gasteiger partial charge in [-0.15, -0.1) is 11.8 Å². The van der Waals surface area contributed by atoms with E-state index >= 15 is 0 Å². The van der Waals surface area contributed by atoms with Crippen molar-refractivity contribution in [3.05, 3.63) is 82.8 Å². The maximum Gasteiger partial charge on any atom is 0.261 e. The largest absolute Gasteiger partial charge is 0.496 e. The number of benzene rings is 3. The molecular formula is C20H18BrNO3S2. The van der Waals surface area contributed by atoms with E-state index < -0.39 is 10.0 Å². The number of thioether (sulfide) groups is 1. The summed E-state index contributed by atoms with van der Waals surface area (Å²) in [6.07, 6.45) is 0. The molecule has 3 aromatic rings. The van der Waals surface area contributed by atoms with Crippen LogP contribution >= 0.6 is 27.7 Å². The minimum Gasteiger partial charge on any atom is -0.496 e. The van der Waals surface area contributed by atoms with E-state index in [2.05, 4.69) is 32.8 Å². The zero-order valence-electron chi connectivity index (χ0n) is 14.6. The number of sulfonamides is 1. The molecule has 0 unspecified atom stereocenters. The molecule has 0 amide bonds. The Labute approximate surface area is 172 Å². The van der Waals surface area contributed by atoms with Crippen LogP contribution in [-0.4, -0.2) is 15.5 Å². The highest BCUT2D eigenvalue weighted by atomic mass is 79.9. The monoisotopic (exact) mass is 463 g/mol. The average Bonchev–Trinajstić information content (AvgIpc) is 2.68. The molecule has 1 N–H and O–H groups in total. The molecule has 0 aliphatic heterocycles. The number of methoxy groups -OCH3 is 1. The van der Waals surface area contributed by atoms with Gasteiger partial charge in [-0.1, -0.05) is 30.3 Å². The second-order valence-corrected chi connectivity index (χ2v) is 9.29. The summed E-state index contributed by atoms with van der Waals surface area (Å²) in [5.41, 5.74) is 1.65. The van der Waals surface area contributed by atoms with E-state index in [1.54, 1.807) is 30.0 Å². The zero-order valence-corrected chi connectivity index (χ0v) is 17.8. The molecule has 4 nitrogen and oxygen atoms in total. The maximum atomic E-state index is 12.6. The van der Waals surface area contributed by atoms with Gasteiger partial charge in [0.1, 0.15) is 5.75 Å². The molecule has 3 rings (SSSR count). The number of anilines is 1. The van der Waals surface area contributed by atoms with Crippen molar-refractivity contribution in [2.24, 2.45) is 0 Å². The van der Waals surface area contributed by atoms with Crippen molar-refractivity contribution in [1.82, 2.24) is 0 Å². The van der Waals surface area contributed by atoms with Crippen LogP contribution in [0.5, 0.6) is 5.75 Å². The van der Waals surface area contributed by atoms with Crippen LogP contribution in [0.4, 0.5) is 5.69 Å². The molecular weight excluding hydrogens is 446 g/mol. The first-order chi connectivity index (χ1) is 13.0. The molecule has 0 heterocycles. The van der Waals surface area contributed by atoms with Crippen molar-refractivity contribution in [3.8, 4) is 5.75 Å². The summed E-state index contributed by atoms with van der Waals surface area (Å²) in [4.78, 5) is 1.37. The Kier molecular flexibility index (Phi) is 6.46. The smallest absolute Gasteiger partial charge is 0.261 e. The van der Waals surface area contributed by atoms with Gasteiger partial charge in [-0.2, -0.15) is 0 Å². The predicted octanol–water partition coefficient (Wildman–Crippen LogP) is 5.55. The van der Waals surface area contributed by atoms with Gasteiger partial charge in [-0.3, -0.25) is 4.72 Å². The van der Waals surface area contributed by atoms with Crippen LogP contribution in [0, 0.1) is 0 Å². The molecule has 0 aliphatic rings. The van der Waals surface area contributed by atoms with Gasteiger partial charge in [0.2, 0.25) is 0 Å². The highest BCUT2D eigenvalue weighted by Gasteiger charge is 2.16. The van der Waals surface area contributed by atoms with Crippen molar-refractivity contribution >= 4 is 43.4 Å². The zero-order chi connectivity index (χ0) is 19.3. The number of ether oxygens (including phenoxy) is 1. The Bertz CT molecular complexity index is 1010. The molecule has 0 atom stereocenters.